The van der Waals surface area contributed by atoms with Gasteiger partial charge in [0.2, 0.25) is 0 Å². The molecule has 0 unspecified atom stereocenters. The molecule has 0 saturated carbocycles. The maximum Gasteiger partial charge on any atom is -0.0196 e. The van der Waals surface area contributed by atoms with Crippen LogP contribution in [0.1, 0.15) is 30.0 Å². The molecule has 0 heterocycles. The summed E-state index contributed by atoms with van der Waals surface area (Å²) in [5.74, 6) is 0. The zero-order valence-corrected chi connectivity index (χ0v) is 7.72. The van der Waals surface area contributed by atoms with Crippen molar-refractivity contribution < 1.29 is 0 Å². The van der Waals surface area contributed by atoms with E-state index in [0.717, 1.165) is 0 Å². The van der Waals surface area contributed by atoms with Gasteiger partial charge in [0.1, 0.15) is 0 Å². The SMILES string of the molecule is CC1=Cc2c(C)cccc2CC1. The lowest BCUT2D eigenvalue weighted by Crippen LogP contribution is -1.98. The van der Waals surface area contributed by atoms with E-state index in [1.54, 1.807) is 0 Å². The Morgan fingerprint density at radius 2 is 1.92 bits per heavy atom. The van der Waals surface area contributed by atoms with Crippen LogP contribution < -0.4 is 0 Å². The lowest BCUT2D eigenvalue weighted by atomic mass is 9.90. The summed E-state index contributed by atoms with van der Waals surface area (Å²) in [6, 6.07) is 6.59. The lowest BCUT2D eigenvalue weighted by molar-refractivity contribution is 0.924. The predicted molar refractivity (Wildman–Crippen MR) is 53.2 cm³/mol. The van der Waals surface area contributed by atoms with Gasteiger partial charge < -0.3 is 0 Å². The molecule has 1 aromatic carbocycles. The third kappa shape index (κ3) is 1.18. The largest absolute Gasteiger partial charge is 0.0724 e. The minimum atomic E-state index is 1.22. The Morgan fingerprint density at radius 3 is 2.75 bits per heavy atom. The summed E-state index contributed by atoms with van der Waals surface area (Å²) in [6.45, 7) is 4.41. The van der Waals surface area contributed by atoms with Crippen LogP contribution in [0.3, 0.4) is 0 Å². The van der Waals surface area contributed by atoms with Gasteiger partial charge in [0.25, 0.3) is 0 Å². The number of hydrogen-bond donors (Lipinski definition) is 0. The molecule has 12 heavy (non-hydrogen) atoms. The van der Waals surface area contributed by atoms with Gasteiger partial charge >= 0.3 is 0 Å². The number of fused-ring (bicyclic) bond motifs is 1. The number of aryl methyl sites for hydroxylation is 2. The van der Waals surface area contributed by atoms with Gasteiger partial charge in [-0.1, -0.05) is 29.8 Å². The van der Waals surface area contributed by atoms with E-state index in [9.17, 15) is 0 Å². The third-order valence-corrected chi connectivity index (χ3v) is 2.59. The molecule has 1 aliphatic rings. The fourth-order valence-corrected chi connectivity index (χ4v) is 1.82. The van der Waals surface area contributed by atoms with Crippen molar-refractivity contribution in [2.45, 2.75) is 26.7 Å². The van der Waals surface area contributed by atoms with Crippen molar-refractivity contribution in [2.24, 2.45) is 0 Å². The van der Waals surface area contributed by atoms with Gasteiger partial charge in [-0.25, -0.2) is 0 Å². The van der Waals surface area contributed by atoms with Gasteiger partial charge in [0.05, 0.1) is 0 Å². The van der Waals surface area contributed by atoms with Crippen LogP contribution in [0.25, 0.3) is 6.08 Å². The molecular weight excluding hydrogens is 144 g/mol. The molecule has 0 spiro atoms. The average Bonchev–Trinajstić information content (AvgIpc) is 2.07. The van der Waals surface area contributed by atoms with Gasteiger partial charge in [-0.3, -0.25) is 0 Å². The predicted octanol–water partition coefficient (Wildman–Crippen LogP) is 3.34. The second-order valence-electron chi connectivity index (χ2n) is 3.64. The van der Waals surface area contributed by atoms with Gasteiger partial charge in [0.15, 0.2) is 0 Å². The van der Waals surface area contributed by atoms with Crippen LogP contribution in [-0.2, 0) is 6.42 Å². The first kappa shape index (κ1) is 7.60. The summed E-state index contributed by atoms with van der Waals surface area (Å²) < 4.78 is 0. The van der Waals surface area contributed by atoms with Crippen molar-refractivity contribution in [3.05, 3.63) is 40.5 Å². The van der Waals surface area contributed by atoms with Gasteiger partial charge in [0, 0.05) is 0 Å². The Kier molecular flexibility index (Phi) is 1.76. The summed E-state index contributed by atoms with van der Waals surface area (Å²) in [5.41, 5.74) is 5.89. The van der Waals surface area contributed by atoms with E-state index >= 15 is 0 Å². The Morgan fingerprint density at radius 1 is 1.08 bits per heavy atom. The van der Waals surface area contributed by atoms with Crippen LogP contribution in [0, 0.1) is 6.92 Å². The third-order valence-electron chi connectivity index (χ3n) is 2.59. The van der Waals surface area contributed by atoms with Crippen LogP contribution in [-0.4, -0.2) is 0 Å². The van der Waals surface area contributed by atoms with Crippen LogP contribution in [0.15, 0.2) is 23.8 Å². The lowest BCUT2D eigenvalue weighted by Gasteiger charge is -2.15. The number of rotatable bonds is 0. The van der Waals surface area contributed by atoms with E-state index in [0.29, 0.717) is 0 Å². The molecule has 0 fully saturated rings. The van der Waals surface area contributed by atoms with Crippen molar-refractivity contribution in [2.75, 3.05) is 0 Å². The fraction of sp³-hybridized carbons (Fsp3) is 0.333. The molecule has 0 aromatic heterocycles. The smallest absolute Gasteiger partial charge is 0.0196 e. The molecule has 1 aromatic rings. The minimum absolute atomic E-state index is 1.22. The fourth-order valence-electron chi connectivity index (χ4n) is 1.82. The molecule has 0 saturated heterocycles. The average molecular weight is 158 g/mol. The summed E-state index contributed by atoms with van der Waals surface area (Å²) in [5, 5.41) is 0. The maximum absolute atomic E-state index is 2.33. The van der Waals surface area contributed by atoms with Crippen LogP contribution in [0.5, 0.6) is 0 Å². The van der Waals surface area contributed by atoms with Crippen molar-refractivity contribution in [3.8, 4) is 0 Å². The first-order valence-corrected chi connectivity index (χ1v) is 4.53. The molecule has 0 radical (unpaired) electrons. The van der Waals surface area contributed by atoms with Gasteiger partial charge in [-0.05, 0) is 43.4 Å². The highest BCUT2D eigenvalue weighted by atomic mass is 14.1. The van der Waals surface area contributed by atoms with Crippen molar-refractivity contribution >= 4 is 6.08 Å². The minimum Gasteiger partial charge on any atom is -0.0724 e. The number of allylic oxidation sites excluding steroid dienone is 1. The van der Waals surface area contributed by atoms with Crippen LogP contribution >= 0.6 is 0 Å². The summed E-state index contributed by atoms with van der Waals surface area (Å²) >= 11 is 0. The number of hydrogen-bond acceptors (Lipinski definition) is 0. The second-order valence-corrected chi connectivity index (χ2v) is 3.64. The Bertz CT molecular complexity index is 332. The quantitative estimate of drug-likeness (QED) is 0.543. The number of benzene rings is 1. The molecule has 0 nitrogen and oxygen atoms in total. The molecule has 2 rings (SSSR count). The molecular formula is C12H14. The standard InChI is InChI=1S/C12H14/c1-9-6-7-11-5-3-4-10(2)12(11)8-9/h3-5,8H,6-7H2,1-2H3. The van der Waals surface area contributed by atoms with Gasteiger partial charge in [-0.2, -0.15) is 0 Å². The van der Waals surface area contributed by atoms with E-state index < -0.39 is 0 Å². The Hall–Kier alpha value is -1.04. The van der Waals surface area contributed by atoms with E-state index in [4.69, 9.17) is 0 Å². The molecule has 1 aliphatic carbocycles. The van der Waals surface area contributed by atoms with Crippen molar-refractivity contribution in [3.63, 3.8) is 0 Å². The van der Waals surface area contributed by atoms with Crippen LogP contribution in [0.4, 0.5) is 0 Å². The molecule has 0 atom stereocenters. The first-order valence-electron chi connectivity index (χ1n) is 4.53. The molecule has 62 valence electrons. The Balaban J connectivity index is 2.59. The van der Waals surface area contributed by atoms with E-state index in [2.05, 4.69) is 38.1 Å². The summed E-state index contributed by atoms with van der Waals surface area (Å²) in [4.78, 5) is 0. The normalized spacial score (nSPS) is 15.3. The highest BCUT2D eigenvalue weighted by Crippen LogP contribution is 2.25. The van der Waals surface area contributed by atoms with E-state index in [1.165, 1.54) is 35.1 Å². The molecule has 0 bridgehead atoms. The molecule has 0 amide bonds. The van der Waals surface area contributed by atoms with Crippen LogP contribution in [0.2, 0.25) is 0 Å². The molecule has 0 aliphatic heterocycles. The Labute approximate surface area is 73.9 Å². The van der Waals surface area contributed by atoms with Gasteiger partial charge in [-0.15, -0.1) is 0 Å². The van der Waals surface area contributed by atoms with E-state index in [-0.39, 0.29) is 0 Å². The zero-order chi connectivity index (χ0) is 8.55. The monoisotopic (exact) mass is 158 g/mol. The molecule has 0 N–H and O–H groups in total. The summed E-state index contributed by atoms with van der Waals surface area (Å²) in [6.07, 6.45) is 4.78. The summed E-state index contributed by atoms with van der Waals surface area (Å²) in [7, 11) is 0. The highest BCUT2D eigenvalue weighted by molar-refractivity contribution is 5.62. The zero-order valence-electron chi connectivity index (χ0n) is 7.72. The maximum atomic E-state index is 2.33. The highest BCUT2D eigenvalue weighted by Gasteiger charge is 2.08. The second kappa shape index (κ2) is 2.78. The topological polar surface area (TPSA) is 0 Å². The van der Waals surface area contributed by atoms with E-state index in [1.807, 2.05) is 0 Å². The first-order chi connectivity index (χ1) is 5.77. The van der Waals surface area contributed by atoms with Crippen molar-refractivity contribution in [1.82, 2.24) is 0 Å². The van der Waals surface area contributed by atoms with Crippen molar-refractivity contribution in [1.29, 1.82) is 0 Å². The molecule has 0 heteroatoms.